The van der Waals surface area contributed by atoms with Crippen molar-refractivity contribution >= 4 is 29.2 Å². The predicted molar refractivity (Wildman–Crippen MR) is 74.2 cm³/mol. The Bertz CT molecular complexity index is 611. The second-order valence-corrected chi connectivity index (χ2v) is 4.71. The van der Waals surface area contributed by atoms with Gasteiger partial charge in [-0.05, 0) is 35.9 Å². The lowest BCUT2D eigenvalue weighted by Crippen LogP contribution is -2.00. The smallest absolute Gasteiger partial charge is 0.335 e. The highest BCUT2D eigenvalue weighted by molar-refractivity contribution is 6.35. The van der Waals surface area contributed by atoms with Gasteiger partial charge in [0.25, 0.3) is 0 Å². The first kappa shape index (κ1) is 13.7. The largest absolute Gasteiger partial charge is 0.487 e. The van der Waals surface area contributed by atoms with Crippen LogP contribution in [0.5, 0.6) is 5.75 Å². The number of hydrogen-bond donors (Lipinski definition) is 1. The van der Waals surface area contributed by atoms with Gasteiger partial charge in [0.15, 0.2) is 0 Å². The molecule has 2 aromatic carbocycles. The van der Waals surface area contributed by atoms with Gasteiger partial charge in [-0.1, -0.05) is 35.3 Å². The fourth-order valence-corrected chi connectivity index (χ4v) is 2.01. The molecule has 0 aromatic heterocycles. The number of carbonyl (C=O) groups is 1. The van der Waals surface area contributed by atoms with E-state index < -0.39 is 5.97 Å². The van der Waals surface area contributed by atoms with E-state index in [0.29, 0.717) is 15.8 Å². The summed E-state index contributed by atoms with van der Waals surface area (Å²) >= 11 is 11.8. The summed E-state index contributed by atoms with van der Waals surface area (Å²) in [6.07, 6.45) is 0. The Kier molecular flexibility index (Phi) is 4.30. The molecule has 0 aliphatic carbocycles. The highest BCUT2D eigenvalue weighted by Gasteiger charge is 2.05. The van der Waals surface area contributed by atoms with Crippen molar-refractivity contribution in [2.75, 3.05) is 0 Å². The molecule has 0 fully saturated rings. The molecule has 0 aliphatic heterocycles. The first-order valence-electron chi connectivity index (χ1n) is 5.46. The summed E-state index contributed by atoms with van der Waals surface area (Å²) in [6, 6.07) is 11.5. The molecular formula is C14H10Cl2O3. The van der Waals surface area contributed by atoms with Gasteiger partial charge in [0.2, 0.25) is 0 Å². The first-order valence-corrected chi connectivity index (χ1v) is 6.22. The minimum absolute atomic E-state index is 0.225. The van der Waals surface area contributed by atoms with Crippen LogP contribution >= 0.6 is 23.2 Å². The minimum atomic E-state index is -0.966. The summed E-state index contributed by atoms with van der Waals surface area (Å²) in [7, 11) is 0. The number of carboxylic acids is 1. The molecule has 0 heterocycles. The van der Waals surface area contributed by atoms with Crippen molar-refractivity contribution in [1.29, 1.82) is 0 Å². The topological polar surface area (TPSA) is 46.5 Å². The van der Waals surface area contributed by atoms with Crippen LogP contribution in [0.2, 0.25) is 10.0 Å². The first-order chi connectivity index (χ1) is 9.06. The van der Waals surface area contributed by atoms with E-state index in [1.165, 1.54) is 6.07 Å². The van der Waals surface area contributed by atoms with Crippen LogP contribution in [0, 0.1) is 0 Å². The lowest BCUT2D eigenvalue weighted by atomic mass is 10.1. The van der Waals surface area contributed by atoms with E-state index in [9.17, 15) is 4.79 Å². The average Bonchev–Trinajstić information content (AvgIpc) is 2.38. The maximum Gasteiger partial charge on any atom is 0.335 e. The minimum Gasteiger partial charge on any atom is -0.487 e. The standard InChI is InChI=1S/C14H10Cl2O3/c15-11-4-5-13(12(16)7-11)19-8-9-2-1-3-10(6-9)14(17)18/h1-7H,8H2,(H,17,18). The lowest BCUT2D eigenvalue weighted by Gasteiger charge is -2.08. The van der Waals surface area contributed by atoms with E-state index >= 15 is 0 Å². The van der Waals surface area contributed by atoms with Crippen LogP contribution in [0.1, 0.15) is 15.9 Å². The zero-order valence-corrected chi connectivity index (χ0v) is 11.3. The average molecular weight is 297 g/mol. The van der Waals surface area contributed by atoms with Crippen LogP contribution in [-0.2, 0) is 6.61 Å². The third kappa shape index (κ3) is 3.63. The quantitative estimate of drug-likeness (QED) is 0.916. The van der Waals surface area contributed by atoms with Crippen LogP contribution in [-0.4, -0.2) is 11.1 Å². The van der Waals surface area contributed by atoms with E-state index in [1.807, 2.05) is 0 Å². The maximum atomic E-state index is 10.8. The molecule has 0 saturated carbocycles. The zero-order chi connectivity index (χ0) is 13.8. The van der Waals surface area contributed by atoms with Crippen molar-refractivity contribution < 1.29 is 14.6 Å². The lowest BCUT2D eigenvalue weighted by molar-refractivity contribution is 0.0696. The highest BCUT2D eigenvalue weighted by atomic mass is 35.5. The number of aromatic carboxylic acids is 1. The predicted octanol–water partition coefficient (Wildman–Crippen LogP) is 4.27. The van der Waals surface area contributed by atoms with Crippen LogP contribution < -0.4 is 4.74 Å². The molecule has 0 unspecified atom stereocenters. The third-order valence-corrected chi connectivity index (χ3v) is 2.99. The van der Waals surface area contributed by atoms with Gasteiger partial charge >= 0.3 is 5.97 Å². The molecule has 0 saturated heterocycles. The molecule has 1 N–H and O–H groups in total. The summed E-state index contributed by atoms with van der Waals surface area (Å²) < 4.78 is 5.53. The molecule has 3 nitrogen and oxygen atoms in total. The molecule has 0 spiro atoms. The van der Waals surface area contributed by atoms with Gasteiger partial charge in [-0.15, -0.1) is 0 Å². The molecule has 5 heteroatoms. The molecule has 2 rings (SSSR count). The van der Waals surface area contributed by atoms with E-state index in [0.717, 1.165) is 5.56 Å². The van der Waals surface area contributed by atoms with Gasteiger partial charge in [-0.2, -0.15) is 0 Å². The van der Waals surface area contributed by atoms with Gasteiger partial charge in [-0.3, -0.25) is 0 Å². The number of benzene rings is 2. The Morgan fingerprint density at radius 1 is 1.16 bits per heavy atom. The van der Waals surface area contributed by atoms with E-state index in [2.05, 4.69) is 0 Å². The second kappa shape index (κ2) is 5.95. The highest BCUT2D eigenvalue weighted by Crippen LogP contribution is 2.28. The Morgan fingerprint density at radius 2 is 1.95 bits per heavy atom. The van der Waals surface area contributed by atoms with Crippen LogP contribution in [0.4, 0.5) is 0 Å². The molecule has 0 bridgehead atoms. The summed E-state index contributed by atoms with van der Waals surface area (Å²) in [4.78, 5) is 10.8. The van der Waals surface area contributed by atoms with E-state index in [-0.39, 0.29) is 12.2 Å². The summed E-state index contributed by atoms with van der Waals surface area (Å²) in [5.74, 6) is -0.460. The molecule has 98 valence electrons. The number of hydrogen-bond acceptors (Lipinski definition) is 2. The van der Waals surface area contributed by atoms with Crippen LogP contribution in [0.15, 0.2) is 42.5 Å². The van der Waals surface area contributed by atoms with Crippen molar-refractivity contribution in [2.24, 2.45) is 0 Å². The van der Waals surface area contributed by atoms with E-state index in [4.69, 9.17) is 33.0 Å². The van der Waals surface area contributed by atoms with Gasteiger partial charge in [-0.25, -0.2) is 4.79 Å². The SMILES string of the molecule is O=C(O)c1cccc(COc2ccc(Cl)cc2Cl)c1. The monoisotopic (exact) mass is 296 g/mol. The Morgan fingerprint density at radius 3 is 2.63 bits per heavy atom. The fourth-order valence-electron chi connectivity index (χ4n) is 1.55. The zero-order valence-electron chi connectivity index (χ0n) is 9.77. The van der Waals surface area contributed by atoms with E-state index in [1.54, 1.807) is 36.4 Å². The maximum absolute atomic E-state index is 10.8. The Balaban J connectivity index is 2.10. The van der Waals surface area contributed by atoms with Crippen molar-refractivity contribution in [3.63, 3.8) is 0 Å². The van der Waals surface area contributed by atoms with Gasteiger partial charge in [0.1, 0.15) is 12.4 Å². The number of rotatable bonds is 4. The molecule has 2 aromatic rings. The molecular weight excluding hydrogens is 287 g/mol. The number of ether oxygens (including phenoxy) is 1. The fraction of sp³-hybridized carbons (Fsp3) is 0.0714. The molecule has 0 aliphatic rings. The molecule has 0 amide bonds. The van der Waals surface area contributed by atoms with Crippen LogP contribution in [0.3, 0.4) is 0 Å². The van der Waals surface area contributed by atoms with Gasteiger partial charge < -0.3 is 9.84 Å². The number of carboxylic acid groups (broad SMARTS) is 1. The van der Waals surface area contributed by atoms with Crippen molar-refractivity contribution in [3.05, 3.63) is 63.6 Å². The number of halogens is 2. The molecule has 0 atom stereocenters. The summed E-state index contributed by atoms with van der Waals surface area (Å²) in [5.41, 5.74) is 0.981. The third-order valence-electron chi connectivity index (χ3n) is 2.46. The second-order valence-electron chi connectivity index (χ2n) is 3.87. The van der Waals surface area contributed by atoms with Crippen molar-refractivity contribution in [3.8, 4) is 5.75 Å². The molecule has 19 heavy (non-hydrogen) atoms. The Hall–Kier alpha value is -1.71. The summed E-state index contributed by atoms with van der Waals surface area (Å²) in [6.45, 7) is 0.239. The van der Waals surface area contributed by atoms with Gasteiger partial charge in [0, 0.05) is 5.02 Å². The Labute approximate surface area is 120 Å². The molecule has 0 radical (unpaired) electrons. The summed E-state index contributed by atoms with van der Waals surface area (Å²) in [5, 5.41) is 9.84. The van der Waals surface area contributed by atoms with Crippen molar-refractivity contribution in [1.82, 2.24) is 0 Å². The normalized spacial score (nSPS) is 10.2. The van der Waals surface area contributed by atoms with Crippen LogP contribution in [0.25, 0.3) is 0 Å². The van der Waals surface area contributed by atoms with Crippen molar-refractivity contribution in [2.45, 2.75) is 6.61 Å². The van der Waals surface area contributed by atoms with Gasteiger partial charge in [0.05, 0.1) is 10.6 Å².